The number of carbonyl (C=O) groups is 1. The quantitative estimate of drug-likeness (QED) is 0.642. The SMILES string of the molecule is Cc1cc[n+](CC(=O)N2CCc3ccccc32)cc1.[Cl-]. The summed E-state index contributed by atoms with van der Waals surface area (Å²) in [6, 6.07) is 12.2. The smallest absolute Gasteiger partial charge is 0.292 e. The van der Waals surface area contributed by atoms with E-state index in [9.17, 15) is 4.79 Å². The van der Waals surface area contributed by atoms with Gasteiger partial charge < -0.3 is 17.3 Å². The normalized spacial score (nSPS) is 12.8. The van der Waals surface area contributed by atoms with Crippen molar-refractivity contribution in [1.82, 2.24) is 0 Å². The number of halogens is 1. The average molecular weight is 289 g/mol. The third-order valence-corrected chi connectivity index (χ3v) is 3.56. The number of para-hydroxylation sites is 1. The maximum atomic E-state index is 12.4. The van der Waals surface area contributed by atoms with Gasteiger partial charge in [0.25, 0.3) is 5.91 Å². The number of carbonyl (C=O) groups excluding carboxylic acids is 1. The summed E-state index contributed by atoms with van der Waals surface area (Å²) in [4.78, 5) is 14.3. The van der Waals surface area contributed by atoms with Gasteiger partial charge in [-0.1, -0.05) is 18.2 Å². The maximum Gasteiger partial charge on any atom is 0.292 e. The zero-order chi connectivity index (χ0) is 13.2. The summed E-state index contributed by atoms with van der Waals surface area (Å²) in [5.74, 6) is 0.152. The Kier molecular flexibility index (Phi) is 4.40. The summed E-state index contributed by atoms with van der Waals surface area (Å²) in [5, 5.41) is 0. The molecule has 0 N–H and O–H groups in total. The van der Waals surface area contributed by atoms with Crippen molar-refractivity contribution in [1.29, 1.82) is 0 Å². The molecule has 3 rings (SSSR count). The molecule has 1 aromatic carbocycles. The Hall–Kier alpha value is -1.87. The van der Waals surface area contributed by atoms with E-state index in [1.54, 1.807) is 0 Å². The van der Waals surface area contributed by atoms with E-state index >= 15 is 0 Å². The van der Waals surface area contributed by atoms with Crippen molar-refractivity contribution in [3.05, 3.63) is 59.9 Å². The van der Waals surface area contributed by atoms with Gasteiger partial charge in [-0.15, -0.1) is 0 Å². The summed E-state index contributed by atoms with van der Waals surface area (Å²) < 4.78 is 1.93. The van der Waals surface area contributed by atoms with Crippen LogP contribution in [0.25, 0.3) is 0 Å². The van der Waals surface area contributed by atoms with Crippen LogP contribution in [0.15, 0.2) is 48.8 Å². The van der Waals surface area contributed by atoms with Gasteiger partial charge in [0, 0.05) is 24.4 Å². The number of nitrogens with zero attached hydrogens (tertiary/aromatic N) is 2. The predicted molar refractivity (Wildman–Crippen MR) is 73.9 cm³/mol. The fourth-order valence-electron chi connectivity index (χ4n) is 2.48. The third kappa shape index (κ3) is 2.83. The first-order valence-electron chi connectivity index (χ1n) is 6.58. The second-order valence-corrected chi connectivity index (χ2v) is 4.97. The van der Waals surface area contributed by atoms with Crippen LogP contribution in [0.5, 0.6) is 0 Å². The van der Waals surface area contributed by atoms with Gasteiger partial charge >= 0.3 is 0 Å². The molecule has 0 bridgehead atoms. The molecule has 0 saturated carbocycles. The van der Waals surface area contributed by atoms with Gasteiger partial charge in [-0.3, -0.25) is 4.79 Å². The molecule has 1 amide bonds. The molecule has 2 heterocycles. The maximum absolute atomic E-state index is 12.4. The summed E-state index contributed by atoms with van der Waals surface area (Å²) in [6.07, 6.45) is 4.87. The monoisotopic (exact) mass is 288 g/mol. The first-order chi connectivity index (χ1) is 9.24. The van der Waals surface area contributed by atoms with E-state index in [0.717, 1.165) is 18.7 Å². The number of benzene rings is 1. The molecule has 2 aromatic rings. The fraction of sp³-hybridized carbons (Fsp3) is 0.250. The lowest BCUT2D eigenvalue weighted by atomic mass is 10.2. The Labute approximate surface area is 125 Å². The van der Waals surface area contributed by atoms with Gasteiger partial charge in [0.2, 0.25) is 6.54 Å². The first kappa shape index (κ1) is 14.5. The van der Waals surface area contributed by atoms with E-state index in [1.807, 2.05) is 59.1 Å². The Morgan fingerprint density at radius 2 is 1.90 bits per heavy atom. The molecule has 1 aliphatic rings. The van der Waals surface area contributed by atoms with Crippen molar-refractivity contribution in [3.63, 3.8) is 0 Å². The van der Waals surface area contributed by atoms with Crippen molar-refractivity contribution >= 4 is 11.6 Å². The van der Waals surface area contributed by atoms with Crippen LogP contribution in [-0.4, -0.2) is 12.5 Å². The van der Waals surface area contributed by atoms with Crippen molar-refractivity contribution < 1.29 is 21.8 Å². The lowest BCUT2D eigenvalue weighted by molar-refractivity contribution is -0.684. The topological polar surface area (TPSA) is 24.2 Å². The zero-order valence-electron chi connectivity index (χ0n) is 11.4. The second kappa shape index (κ2) is 6.06. The number of hydrogen-bond donors (Lipinski definition) is 0. The highest BCUT2D eigenvalue weighted by Gasteiger charge is 2.26. The van der Waals surface area contributed by atoms with Crippen molar-refractivity contribution in [3.8, 4) is 0 Å². The Morgan fingerprint density at radius 1 is 1.20 bits per heavy atom. The van der Waals surface area contributed by atoms with Gasteiger partial charge in [0.05, 0.1) is 0 Å². The fourth-order valence-corrected chi connectivity index (χ4v) is 2.48. The average Bonchev–Trinajstić information content (AvgIpc) is 2.85. The molecule has 0 spiro atoms. The highest BCUT2D eigenvalue weighted by atomic mass is 35.5. The zero-order valence-corrected chi connectivity index (χ0v) is 12.2. The van der Waals surface area contributed by atoms with E-state index < -0.39 is 0 Å². The Morgan fingerprint density at radius 3 is 2.65 bits per heavy atom. The lowest BCUT2D eigenvalue weighted by Gasteiger charge is -2.15. The predicted octanol–water partition coefficient (Wildman–Crippen LogP) is -1.12. The van der Waals surface area contributed by atoms with E-state index in [0.29, 0.717) is 6.54 Å². The molecule has 0 saturated heterocycles. The van der Waals surface area contributed by atoms with Gasteiger partial charge in [-0.25, -0.2) is 0 Å². The molecule has 1 aliphatic heterocycles. The van der Waals surface area contributed by atoms with Gasteiger partial charge in [0.15, 0.2) is 12.4 Å². The Balaban J connectivity index is 0.00000147. The van der Waals surface area contributed by atoms with Crippen molar-refractivity contribution in [2.24, 2.45) is 0 Å². The van der Waals surface area contributed by atoms with Crippen LogP contribution in [0.3, 0.4) is 0 Å². The van der Waals surface area contributed by atoms with Gasteiger partial charge in [0.1, 0.15) is 0 Å². The van der Waals surface area contributed by atoms with Crippen LogP contribution in [0.4, 0.5) is 5.69 Å². The molecule has 0 fully saturated rings. The van der Waals surface area contributed by atoms with Gasteiger partial charge in [-0.2, -0.15) is 4.57 Å². The van der Waals surface area contributed by atoms with Crippen molar-refractivity contribution in [2.45, 2.75) is 19.9 Å². The number of aryl methyl sites for hydroxylation is 1. The van der Waals surface area contributed by atoms with Gasteiger partial charge in [-0.05, 0) is 30.5 Å². The molecule has 0 aliphatic carbocycles. The van der Waals surface area contributed by atoms with Crippen LogP contribution in [-0.2, 0) is 17.8 Å². The second-order valence-electron chi connectivity index (χ2n) is 4.97. The summed E-state index contributed by atoms with van der Waals surface area (Å²) in [5.41, 5.74) is 3.54. The summed E-state index contributed by atoms with van der Waals surface area (Å²) in [6.45, 7) is 3.24. The molecular weight excluding hydrogens is 272 g/mol. The highest BCUT2D eigenvalue weighted by molar-refractivity contribution is 5.94. The third-order valence-electron chi connectivity index (χ3n) is 3.56. The van der Waals surface area contributed by atoms with Crippen LogP contribution >= 0.6 is 0 Å². The molecule has 20 heavy (non-hydrogen) atoms. The number of amides is 1. The highest BCUT2D eigenvalue weighted by Crippen LogP contribution is 2.27. The van der Waals surface area contributed by atoms with Crippen molar-refractivity contribution in [2.75, 3.05) is 11.4 Å². The van der Waals surface area contributed by atoms with E-state index in [2.05, 4.69) is 6.07 Å². The minimum absolute atomic E-state index is 0. The molecule has 104 valence electrons. The number of fused-ring (bicyclic) bond motifs is 1. The van der Waals surface area contributed by atoms with Crippen LogP contribution in [0, 0.1) is 6.92 Å². The molecule has 0 radical (unpaired) electrons. The molecule has 4 heteroatoms. The molecule has 1 aromatic heterocycles. The van der Waals surface area contributed by atoms with E-state index in [4.69, 9.17) is 0 Å². The molecular formula is C16H17ClN2O. The minimum Gasteiger partial charge on any atom is -1.00 e. The summed E-state index contributed by atoms with van der Waals surface area (Å²) in [7, 11) is 0. The number of aromatic nitrogens is 1. The number of pyridine rings is 1. The molecule has 3 nitrogen and oxygen atoms in total. The minimum atomic E-state index is 0. The van der Waals surface area contributed by atoms with E-state index in [-0.39, 0.29) is 18.3 Å². The van der Waals surface area contributed by atoms with Crippen LogP contribution in [0.1, 0.15) is 11.1 Å². The number of anilines is 1. The number of rotatable bonds is 2. The first-order valence-corrected chi connectivity index (χ1v) is 6.58. The summed E-state index contributed by atoms with van der Waals surface area (Å²) >= 11 is 0. The largest absolute Gasteiger partial charge is 1.00 e. The Bertz CT molecular complexity index is 610. The van der Waals surface area contributed by atoms with Crippen LogP contribution < -0.4 is 21.9 Å². The van der Waals surface area contributed by atoms with E-state index in [1.165, 1.54) is 11.1 Å². The van der Waals surface area contributed by atoms with Crippen LogP contribution in [0.2, 0.25) is 0 Å². The standard InChI is InChI=1S/C16H17N2O.ClH/c1-13-6-9-17(10-7-13)12-16(19)18-11-8-14-4-2-3-5-15(14)18;/h2-7,9-10H,8,11-12H2,1H3;1H/q+1;/p-1. The molecule has 0 atom stereocenters. The molecule has 0 unspecified atom stereocenters. The number of hydrogen-bond acceptors (Lipinski definition) is 1. The lowest BCUT2D eigenvalue weighted by Crippen LogP contribution is -3.00.